The molecule has 0 heterocycles. The molecule has 0 unspecified atom stereocenters. The number of ether oxygens (including phenoxy) is 1. The van der Waals surface area contributed by atoms with Gasteiger partial charge in [-0.1, -0.05) is 30.3 Å². The van der Waals surface area contributed by atoms with E-state index in [1.54, 1.807) is 36.4 Å². The summed E-state index contributed by atoms with van der Waals surface area (Å²) in [7, 11) is 0. The third-order valence-corrected chi connectivity index (χ3v) is 4.50. The minimum absolute atomic E-state index is 0.290. The number of anilines is 1. The first-order chi connectivity index (χ1) is 14.9. The fourth-order valence-electron chi connectivity index (χ4n) is 2.80. The summed E-state index contributed by atoms with van der Waals surface area (Å²) < 4.78 is 18.6. The van der Waals surface area contributed by atoms with Crippen molar-refractivity contribution in [3.8, 4) is 5.75 Å². The number of carbonyl (C=O) groups is 2. The minimum Gasteiger partial charge on any atom is -0.489 e. The molecule has 158 valence electrons. The first-order valence-electron chi connectivity index (χ1n) is 9.60. The second-order valence-electron chi connectivity index (χ2n) is 6.90. The highest BCUT2D eigenvalue weighted by Crippen LogP contribution is 2.19. The first kappa shape index (κ1) is 21.7. The highest BCUT2D eigenvalue weighted by Gasteiger charge is 2.15. The summed E-state index contributed by atoms with van der Waals surface area (Å²) >= 11 is 0. The van der Waals surface area contributed by atoms with E-state index in [0.717, 1.165) is 16.7 Å². The zero-order valence-electron chi connectivity index (χ0n) is 17.2. The molecule has 0 fully saturated rings. The Morgan fingerprint density at radius 3 is 2.23 bits per heavy atom. The van der Waals surface area contributed by atoms with Gasteiger partial charge in [-0.15, -0.1) is 0 Å². The maximum absolute atomic E-state index is 12.9. The van der Waals surface area contributed by atoms with Crippen molar-refractivity contribution in [2.45, 2.75) is 20.5 Å². The molecule has 0 radical (unpaired) electrons. The molecule has 0 aliphatic carbocycles. The van der Waals surface area contributed by atoms with Crippen LogP contribution < -0.4 is 15.5 Å². The van der Waals surface area contributed by atoms with Gasteiger partial charge >= 0.3 is 11.8 Å². The Labute approximate surface area is 179 Å². The van der Waals surface area contributed by atoms with Crippen LogP contribution in [0.1, 0.15) is 22.3 Å². The van der Waals surface area contributed by atoms with Gasteiger partial charge < -0.3 is 10.1 Å². The molecule has 0 atom stereocenters. The Bertz CT molecular complexity index is 1070. The van der Waals surface area contributed by atoms with Gasteiger partial charge in [-0.2, -0.15) is 5.10 Å². The van der Waals surface area contributed by atoms with Crippen LogP contribution in [-0.4, -0.2) is 18.0 Å². The summed E-state index contributed by atoms with van der Waals surface area (Å²) in [5.41, 5.74) is 6.13. The molecule has 3 aromatic rings. The molecule has 0 saturated carbocycles. The molecule has 31 heavy (non-hydrogen) atoms. The fraction of sp³-hybridized carbons (Fsp3) is 0.125. The Morgan fingerprint density at radius 1 is 0.935 bits per heavy atom. The lowest BCUT2D eigenvalue weighted by Crippen LogP contribution is -2.32. The van der Waals surface area contributed by atoms with Crippen molar-refractivity contribution in [3.63, 3.8) is 0 Å². The number of hydrogen-bond donors (Lipinski definition) is 2. The number of halogens is 1. The lowest BCUT2D eigenvalue weighted by atomic mass is 10.1. The molecule has 3 rings (SSSR count). The molecule has 0 spiro atoms. The van der Waals surface area contributed by atoms with E-state index in [-0.39, 0.29) is 5.82 Å². The van der Waals surface area contributed by atoms with Gasteiger partial charge in [0.2, 0.25) is 0 Å². The lowest BCUT2D eigenvalue weighted by molar-refractivity contribution is -0.136. The zero-order chi connectivity index (χ0) is 22.2. The van der Waals surface area contributed by atoms with E-state index >= 15 is 0 Å². The highest BCUT2D eigenvalue weighted by atomic mass is 19.1. The predicted octanol–water partition coefficient (Wildman–Crippen LogP) is 4.11. The predicted molar refractivity (Wildman–Crippen MR) is 117 cm³/mol. The number of hydrazone groups is 1. The third-order valence-electron chi connectivity index (χ3n) is 4.50. The van der Waals surface area contributed by atoms with Crippen LogP contribution in [0.2, 0.25) is 0 Å². The van der Waals surface area contributed by atoms with E-state index in [9.17, 15) is 14.0 Å². The minimum atomic E-state index is -0.863. The monoisotopic (exact) mass is 419 g/mol. The molecule has 2 amide bonds. The summed E-state index contributed by atoms with van der Waals surface area (Å²) in [6, 6.07) is 18.7. The Morgan fingerprint density at radius 2 is 1.58 bits per heavy atom. The normalized spacial score (nSPS) is 10.7. The maximum Gasteiger partial charge on any atom is 0.329 e. The summed E-state index contributed by atoms with van der Waals surface area (Å²) in [6.07, 6.45) is 1.42. The molecule has 3 aromatic carbocycles. The molecule has 0 aromatic heterocycles. The summed E-state index contributed by atoms with van der Waals surface area (Å²) in [5.74, 6) is -1.31. The molecule has 7 heteroatoms. The molecule has 0 aliphatic heterocycles. The maximum atomic E-state index is 12.9. The van der Waals surface area contributed by atoms with Crippen LogP contribution in [0.3, 0.4) is 0 Å². The van der Waals surface area contributed by atoms with Gasteiger partial charge in [-0.3, -0.25) is 9.59 Å². The number of aryl methyl sites for hydroxylation is 2. The second-order valence-corrected chi connectivity index (χ2v) is 6.90. The topological polar surface area (TPSA) is 79.8 Å². The number of rotatable bonds is 6. The highest BCUT2D eigenvalue weighted by molar-refractivity contribution is 6.39. The third kappa shape index (κ3) is 6.24. The smallest absolute Gasteiger partial charge is 0.329 e. The molecule has 0 bridgehead atoms. The fourth-order valence-corrected chi connectivity index (χ4v) is 2.80. The average molecular weight is 419 g/mol. The second kappa shape index (κ2) is 10.2. The lowest BCUT2D eigenvalue weighted by Gasteiger charge is -2.10. The largest absolute Gasteiger partial charge is 0.489 e. The number of amides is 2. The van der Waals surface area contributed by atoms with Crippen molar-refractivity contribution in [1.82, 2.24) is 5.43 Å². The number of para-hydroxylation sites is 1. The summed E-state index contributed by atoms with van der Waals surface area (Å²) in [6.45, 7) is 4.02. The average Bonchev–Trinajstić information content (AvgIpc) is 2.76. The van der Waals surface area contributed by atoms with Crippen LogP contribution in [0.4, 0.5) is 10.1 Å². The Balaban J connectivity index is 1.49. The van der Waals surface area contributed by atoms with E-state index in [0.29, 0.717) is 23.6 Å². The van der Waals surface area contributed by atoms with Crippen LogP contribution in [0, 0.1) is 19.7 Å². The first-order valence-corrected chi connectivity index (χ1v) is 9.60. The number of nitrogens with zero attached hydrogens (tertiary/aromatic N) is 1. The van der Waals surface area contributed by atoms with E-state index in [2.05, 4.69) is 15.8 Å². The van der Waals surface area contributed by atoms with E-state index in [1.165, 1.54) is 18.3 Å². The molecule has 6 nitrogen and oxygen atoms in total. The number of hydrogen-bond acceptors (Lipinski definition) is 4. The SMILES string of the molecule is Cc1cccc(C)c1NC(=O)C(=O)NN=Cc1ccc(OCc2ccc(F)cc2)cc1. The van der Waals surface area contributed by atoms with Gasteiger partial charge in [0.1, 0.15) is 18.2 Å². The van der Waals surface area contributed by atoms with Gasteiger partial charge in [0, 0.05) is 5.69 Å². The van der Waals surface area contributed by atoms with E-state index < -0.39 is 11.8 Å². The van der Waals surface area contributed by atoms with Crippen LogP contribution in [0.25, 0.3) is 0 Å². The van der Waals surface area contributed by atoms with Crippen molar-refractivity contribution in [1.29, 1.82) is 0 Å². The zero-order valence-corrected chi connectivity index (χ0v) is 17.2. The number of nitrogens with one attached hydrogen (secondary N) is 2. The summed E-state index contributed by atoms with van der Waals surface area (Å²) in [4.78, 5) is 24.1. The van der Waals surface area contributed by atoms with Crippen LogP contribution in [-0.2, 0) is 16.2 Å². The van der Waals surface area contributed by atoms with Crippen molar-refractivity contribution >= 4 is 23.7 Å². The van der Waals surface area contributed by atoms with Crippen molar-refractivity contribution in [3.05, 3.63) is 94.8 Å². The Hall–Kier alpha value is -4.00. The van der Waals surface area contributed by atoms with E-state index in [4.69, 9.17) is 4.74 Å². The van der Waals surface area contributed by atoms with Crippen LogP contribution >= 0.6 is 0 Å². The summed E-state index contributed by atoms with van der Waals surface area (Å²) in [5, 5.41) is 6.42. The molecule has 0 saturated heterocycles. The van der Waals surface area contributed by atoms with Gasteiger partial charge in [0.25, 0.3) is 0 Å². The Kier molecular flexibility index (Phi) is 7.11. The van der Waals surface area contributed by atoms with E-state index in [1.807, 2.05) is 32.0 Å². The van der Waals surface area contributed by atoms with Crippen LogP contribution in [0.15, 0.2) is 71.8 Å². The van der Waals surface area contributed by atoms with Crippen LogP contribution in [0.5, 0.6) is 5.75 Å². The van der Waals surface area contributed by atoms with Gasteiger partial charge in [-0.05, 0) is 72.5 Å². The van der Waals surface area contributed by atoms with Gasteiger partial charge in [0.05, 0.1) is 6.21 Å². The molecule has 2 N–H and O–H groups in total. The van der Waals surface area contributed by atoms with Crippen molar-refractivity contribution in [2.75, 3.05) is 5.32 Å². The molecular weight excluding hydrogens is 397 g/mol. The van der Waals surface area contributed by atoms with Crippen molar-refractivity contribution < 1.29 is 18.7 Å². The van der Waals surface area contributed by atoms with Gasteiger partial charge in [-0.25, -0.2) is 9.82 Å². The standard InChI is InChI=1S/C24H22FN3O3/c1-16-4-3-5-17(2)22(16)27-23(29)24(30)28-26-14-18-8-12-21(13-9-18)31-15-19-6-10-20(25)11-7-19/h3-14H,15H2,1-2H3,(H,27,29)(H,28,30). The quantitative estimate of drug-likeness (QED) is 0.359. The number of carbonyl (C=O) groups excluding carboxylic acids is 2. The van der Waals surface area contributed by atoms with Crippen molar-refractivity contribution in [2.24, 2.45) is 5.10 Å². The number of benzene rings is 3. The van der Waals surface area contributed by atoms with Gasteiger partial charge in [0.15, 0.2) is 0 Å². The molecule has 0 aliphatic rings. The molecular formula is C24H22FN3O3.